The van der Waals surface area contributed by atoms with Crippen LogP contribution < -0.4 is 15.6 Å². The van der Waals surface area contributed by atoms with E-state index in [9.17, 15) is 4.79 Å². The molecule has 4 aromatic rings. The van der Waals surface area contributed by atoms with Crippen LogP contribution in [0.15, 0.2) is 89.9 Å². The van der Waals surface area contributed by atoms with Crippen molar-refractivity contribution in [1.82, 2.24) is 20.3 Å². The molecular weight excluding hydrogens is 388 g/mol. The normalized spacial score (nSPS) is 11.8. The lowest BCUT2D eigenvalue weighted by Gasteiger charge is -2.19. The van der Waals surface area contributed by atoms with E-state index in [0.29, 0.717) is 30.2 Å². The maximum Gasteiger partial charge on any atom is 0.251 e. The van der Waals surface area contributed by atoms with E-state index < -0.39 is 0 Å². The molecule has 0 spiro atoms. The molecule has 6 nitrogen and oxygen atoms in total. The van der Waals surface area contributed by atoms with Crippen LogP contribution in [0, 0.1) is 0 Å². The van der Waals surface area contributed by atoms with Crippen LogP contribution in [0.2, 0.25) is 0 Å². The summed E-state index contributed by atoms with van der Waals surface area (Å²) in [5, 5.41) is 3.61. The fourth-order valence-corrected chi connectivity index (χ4v) is 3.42. The van der Waals surface area contributed by atoms with Crippen LogP contribution >= 0.6 is 0 Å². The van der Waals surface area contributed by atoms with Crippen molar-refractivity contribution in [3.05, 3.63) is 112 Å². The lowest BCUT2D eigenvalue weighted by molar-refractivity contribution is 0.414. The molecule has 0 aliphatic heterocycles. The van der Waals surface area contributed by atoms with Crippen molar-refractivity contribution in [2.45, 2.75) is 19.0 Å². The third kappa shape index (κ3) is 5.43. The van der Waals surface area contributed by atoms with E-state index in [4.69, 9.17) is 4.74 Å². The van der Waals surface area contributed by atoms with Crippen molar-refractivity contribution in [3.63, 3.8) is 0 Å². The summed E-state index contributed by atoms with van der Waals surface area (Å²) >= 11 is 0. The molecule has 0 saturated heterocycles. The highest BCUT2D eigenvalue weighted by Crippen LogP contribution is 2.20. The van der Waals surface area contributed by atoms with Crippen LogP contribution in [-0.4, -0.2) is 22.1 Å². The van der Waals surface area contributed by atoms with Crippen molar-refractivity contribution in [2.24, 2.45) is 0 Å². The lowest BCUT2D eigenvalue weighted by Crippen LogP contribution is -2.24. The van der Waals surface area contributed by atoms with Crippen LogP contribution in [0.25, 0.3) is 11.5 Å². The van der Waals surface area contributed by atoms with Gasteiger partial charge in [0.2, 0.25) is 0 Å². The number of H-pyrrole nitrogens is 1. The average molecular weight is 412 g/mol. The molecule has 2 heterocycles. The molecule has 0 bridgehead atoms. The number of benzene rings is 2. The van der Waals surface area contributed by atoms with Crippen molar-refractivity contribution in [2.75, 3.05) is 7.11 Å². The number of aromatic amines is 1. The summed E-state index contributed by atoms with van der Waals surface area (Å²) in [5.74, 6) is 1.31. The molecule has 4 rings (SSSR count). The predicted molar refractivity (Wildman–Crippen MR) is 121 cm³/mol. The molecule has 0 unspecified atom stereocenters. The summed E-state index contributed by atoms with van der Waals surface area (Å²) in [6, 6.07) is 25.3. The first-order valence-electron chi connectivity index (χ1n) is 10.1. The van der Waals surface area contributed by atoms with E-state index in [1.807, 2.05) is 60.7 Å². The Kier molecular flexibility index (Phi) is 6.50. The Bertz CT molecular complexity index is 1160. The molecule has 0 aliphatic carbocycles. The summed E-state index contributed by atoms with van der Waals surface area (Å²) in [6.07, 6.45) is 2.26. The number of hydrogen-bond acceptors (Lipinski definition) is 5. The average Bonchev–Trinajstić information content (AvgIpc) is 2.83. The second kappa shape index (κ2) is 9.82. The third-order valence-corrected chi connectivity index (χ3v) is 5.03. The van der Waals surface area contributed by atoms with Gasteiger partial charge in [-0.3, -0.25) is 9.78 Å². The van der Waals surface area contributed by atoms with Gasteiger partial charge in [0, 0.05) is 31.3 Å². The minimum Gasteiger partial charge on any atom is -0.497 e. The Hall–Kier alpha value is -3.77. The molecule has 0 saturated carbocycles. The Morgan fingerprint density at radius 1 is 1.00 bits per heavy atom. The van der Waals surface area contributed by atoms with E-state index in [-0.39, 0.29) is 11.6 Å². The molecule has 1 atom stereocenters. The molecule has 6 heteroatoms. The van der Waals surface area contributed by atoms with Gasteiger partial charge in [-0.2, -0.15) is 0 Å². The zero-order valence-corrected chi connectivity index (χ0v) is 17.3. The Balaban J connectivity index is 1.57. The maximum absolute atomic E-state index is 12.3. The van der Waals surface area contributed by atoms with Gasteiger partial charge >= 0.3 is 0 Å². The van der Waals surface area contributed by atoms with Gasteiger partial charge in [-0.1, -0.05) is 48.5 Å². The van der Waals surface area contributed by atoms with Crippen molar-refractivity contribution < 1.29 is 4.74 Å². The quantitative estimate of drug-likeness (QED) is 0.459. The Morgan fingerprint density at radius 2 is 1.77 bits per heavy atom. The fraction of sp³-hybridized carbons (Fsp3) is 0.160. The number of rotatable bonds is 8. The van der Waals surface area contributed by atoms with E-state index >= 15 is 0 Å². The summed E-state index contributed by atoms with van der Waals surface area (Å²) in [7, 11) is 1.66. The highest BCUT2D eigenvalue weighted by molar-refractivity contribution is 5.48. The summed E-state index contributed by atoms with van der Waals surface area (Å²) in [5.41, 5.74) is 3.45. The Morgan fingerprint density at radius 3 is 2.48 bits per heavy atom. The molecular formula is C25H24N4O2. The van der Waals surface area contributed by atoms with Crippen LogP contribution in [0.1, 0.15) is 22.9 Å². The van der Waals surface area contributed by atoms with Gasteiger partial charge in [0.25, 0.3) is 5.56 Å². The van der Waals surface area contributed by atoms with Gasteiger partial charge in [0.15, 0.2) is 5.82 Å². The number of nitrogens with one attached hydrogen (secondary N) is 2. The highest BCUT2D eigenvalue weighted by atomic mass is 16.5. The second-order valence-corrected chi connectivity index (χ2v) is 7.20. The zero-order chi connectivity index (χ0) is 21.5. The number of methoxy groups -OCH3 is 1. The molecule has 156 valence electrons. The molecule has 2 aromatic carbocycles. The van der Waals surface area contributed by atoms with Crippen molar-refractivity contribution in [3.8, 4) is 17.3 Å². The maximum atomic E-state index is 12.3. The van der Waals surface area contributed by atoms with Gasteiger partial charge in [0.1, 0.15) is 11.4 Å². The van der Waals surface area contributed by atoms with Gasteiger partial charge in [-0.05, 0) is 35.4 Å². The minimum absolute atomic E-state index is 0.00538. The molecule has 2 N–H and O–H groups in total. The minimum atomic E-state index is -0.187. The van der Waals surface area contributed by atoms with E-state index in [2.05, 4.69) is 32.4 Å². The van der Waals surface area contributed by atoms with Gasteiger partial charge in [-0.15, -0.1) is 0 Å². The number of ether oxygens (including phenoxy) is 1. The largest absolute Gasteiger partial charge is 0.497 e. The van der Waals surface area contributed by atoms with Crippen LogP contribution in [0.5, 0.6) is 5.75 Å². The lowest BCUT2D eigenvalue weighted by atomic mass is 10.0. The zero-order valence-electron chi connectivity index (χ0n) is 17.3. The second-order valence-electron chi connectivity index (χ2n) is 7.20. The van der Waals surface area contributed by atoms with Crippen molar-refractivity contribution >= 4 is 0 Å². The summed E-state index contributed by atoms with van der Waals surface area (Å²) in [4.78, 5) is 24.0. The van der Waals surface area contributed by atoms with E-state index in [0.717, 1.165) is 16.9 Å². The summed E-state index contributed by atoms with van der Waals surface area (Å²) < 4.78 is 5.24. The SMILES string of the molecule is COc1ccc(CN[C@H](Cc2cc(=O)[nH]c(-c3ccccn3)n2)c2ccccc2)cc1. The molecule has 0 fully saturated rings. The van der Waals surface area contributed by atoms with Crippen LogP contribution in [-0.2, 0) is 13.0 Å². The molecule has 0 amide bonds. The standard InChI is InChI=1S/C25H24N4O2/c1-31-21-12-10-18(11-13-21)17-27-23(19-7-3-2-4-8-19)15-20-16-24(30)29-25(28-20)22-9-5-6-14-26-22/h2-14,16,23,27H,15,17H2,1H3,(H,28,29,30)/t23-/m1/s1. The monoisotopic (exact) mass is 412 g/mol. The molecule has 31 heavy (non-hydrogen) atoms. The van der Waals surface area contributed by atoms with Crippen LogP contribution in [0.3, 0.4) is 0 Å². The Labute approximate surface area is 181 Å². The molecule has 0 radical (unpaired) electrons. The summed E-state index contributed by atoms with van der Waals surface area (Å²) in [6.45, 7) is 0.680. The van der Waals surface area contributed by atoms with Crippen molar-refractivity contribution in [1.29, 1.82) is 0 Å². The number of pyridine rings is 1. The molecule has 2 aromatic heterocycles. The smallest absolute Gasteiger partial charge is 0.251 e. The molecule has 0 aliphatic rings. The first-order chi connectivity index (χ1) is 15.2. The van der Waals surface area contributed by atoms with E-state index in [1.165, 1.54) is 0 Å². The number of nitrogens with zero attached hydrogens (tertiary/aromatic N) is 2. The topological polar surface area (TPSA) is 79.9 Å². The van der Waals surface area contributed by atoms with Gasteiger partial charge in [0.05, 0.1) is 12.8 Å². The first kappa shape index (κ1) is 20.5. The third-order valence-electron chi connectivity index (χ3n) is 5.03. The number of aromatic nitrogens is 3. The highest BCUT2D eigenvalue weighted by Gasteiger charge is 2.15. The first-order valence-corrected chi connectivity index (χ1v) is 10.1. The van der Waals surface area contributed by atoms with Gasteiger partial charge in [-0.25, -0.2) is 4.98 Å². The van der Waals surface area contributed by atoms with Gasteiger partial charge < -0.3 is 15.0 Å². The predicted octanol–water partition coefficient (Wildman–Crippen LogP) is 3.91. The fourth-order valence-electron chi connectivity index (χ4n) is 3.42. The van der Waals surface area contributed by atoms with E-state index in [1.54, 1.807) is 19.4 Å². The van der Waals surface area contributed by atoms with Crippen LogP contribution in [0.4, 0.5) is 0 Å². The number of hydrogen-bond donors (Lipinski definition) is 2.